The topological polar surface area (TPSA) is 95.1 Å². The minimum Gasteiger partial charge on any atom is -0.494 e. The number of carbonyl (C=O) groups is 2. The van der Waals surface area contributed by atoms with E-state index in [1.807, 2.05) is 90.1 Å². The SMILES string of the molecule is C#C[Si](C)(C)C.CC(C)(C)OC(=O)NCCCOc1ccc(C#C[Si](C)(C)C)cc1.CC(C)(C)OC(=O)NCCCOc1ccc(I)cc1. The van der Waals surface area contributed by atoms with Crippen LogP contribution in [0.4, 0.5) is 9.59 Å². The van der Waals surface area contributed by atoms with Crippen molar-refractivity contribution in [1.29, 1.82) is 0 Å². The molecule has 8 nitrogen and oxygen atoms in total. The van der Waals surface area contributed by atoms with Gasteiger partial charge in [0.25, 0.3) is 0 Å². The summed E-state index contributed by atoms with van der Waals surface area (Å²) < 4.78 is 22.7. The minimum absolute atomic E-state index is 0.387. The second-order valence-corrected chi connectivity index (χ2v) is 25.9. The fraction of sp³-hybridized carbons (Fsp3) is 0.526. The number of rotatable bonds is 10. The summed E-state index contributed by atoms with van der Waals surface area (Å²) in [6.45, 7) is 26.3. The van der Waals surface area contributed by atoms with Crippen LogP contribution in [0.1, 0.15) is 59.9 Å². The molecule has 0 bridgehead atoms. The van der Waals surface area contributed by atoms with Gasteiger partial charge in [0.15, 0.2) is 0 Å². The number of terminal acetylenes is 1. The molecule has 0 aromatic heterocycles. The van der Waals surface area contributed by atoms with E-state index < -0.39 is 33.4 Å². The lowest BCUT2D eigenvalue weighted by Gasteiger charge is -2.19. The van der Waals surface area contributed by atoms with Crippen molar-refractivity contribution in [3.8, 4) is 34.9 Å². The van der Waals surface area contributed by atoms with Crippen LogP contribution in [-0.2, 0) is 9.47 Å². The van der Waals surface area contributed by atoms with Gasteiger partial charge in [-0.1, -0.05) is 45.2 Å². The highest BCUT2D eigenvalue weighted by atomic mass is 127. The first-order chi connectivity index (χ1) is 22.5. The molecule has 0 heterocycles. The highest BCUT2D eigenvalue weighted by Crippen LogP contribution is 2.14. The number of halogens is 1. The molecule has 2 N–H and O–H groups in total. The van der Waals surface area contributed by atoms with E-state index >= 15 is 0 Å². The number of amides is 2. The van der Waals surface area contributed by atoms with Gasteiger partial charge in [-0.25, -0.2) is 9.59 Å². The number of nitrogens with one attached hydrogen (secondary N) is 2. The van der Waals surface area contributed by atoms with Crippen LogP contribution in [0.25, 0.3) is 0 Å². The maximum Gasteiger partial charge on any atom is 0.407 e. The van der Waals surface area contributed by atoms with E-state index in [0.29, 0.717) is 26.3 Å². The summed E-state index contributed by atoms with van der Waals surface area (Å²) in [6.07, 6.45) is 5.79. The average molecular weight is 823 g/mol. The Bertz CT molecular complexity index is 1350. The summed E-state index contributed by atoms with van der Waals surface area (Å²) in [7, 11) is -2.45. The molecule has 0 unspecified atom stereocenters. The fourth-order valence-corrected chi connectivity index (χ4v) is 3.84. The number of carbonyl (C=O) groups excluding carboxylic acids is 2. The van der Waals surface area contributed by atoms with E-state index in [1.54, 1.807) is 0 Å². The maximum absolute atomic E-state index is 11.5. The van der Waals surface area contributed by atoms with Crippen LogP contribution in [-0.4, -0.2) is 65.8 Å². The first kappa shape index (κ1) is 45.9. The summed E-state index contributed by atoms with van der Waals surface area (Å²) in [5.74, 6) is 4.87. The molecule has 272 valence electrons. The number of hydrogen-bond acceptors (Lipinski definition) is 6. The van der Waals surface area contributed by atoms with Gasteiger partial charge in [-0.15, -0.1) is 17.5 Å². The standard InChI is InChI=1S/C19H29NO3Si.C14H20INO3.C5H10Si/c1-19(2,3)23-18(21)20-13-7-14-22-17-10-8-16(9-11-17)12-15-24(4,5)6;1-14(2,3)19-13(17)16-9-4-10-18-12-7-5-11(15)6-8-12;1-5-6(2,3)4/h8-11H,7,13-14H2,1-6H3,(H,20,21);5-8H,4,9-10H2,1-3H3,(H,16,17);1H,2-4H3. The molecule has 0 spiro atoms. The lowest BCUT2D eigenvalue weighted by Crippen LogP contribution is -2.33. The van der Waals surface area contributed by atoms with E-state index in [2.05, 4.69) is 89.5 Å². The first-order valence-corrected chi connectivity index (χ1v) is 24.6. The zero-order chi connectivity index (χ0) is 37.7. The molecule has 2 aromatic rings. The number of ether oxygens (including phenoxy) is 4. The van der Waals surface area contributed by atoms with Crippen molar-refractivity contribution >= 4 is 50.9 Å². The summed E-state index contributed by atoms with van der Waals surface area (Å²) in [5.41, 5.74) is 6.17. The van der Waals surface area contributed by atoms with Crippen LogP contribution in [0.15, 0.2) is 48.5 Å². The van der Waals surface area contributed by atoms with Crippen LogP contribution < -0.4 is 20.1 Å². The number of alkyl carbamates (subject to hydrolysis) is 2. The zero-order valence-corrected chi connectivity index (χ0v) is 35.9. The van der Waals surface area contributed by atoms with Gasteiger partial charge in [0, 0.05) is 22.2 Å². The van der Waals surface area contributed by atoms with Crippen LogP contribution in [0.5, 0.6) is 11.5 Å². The highest BCUT2D eigenvalue weighted by molar-refractivity contribution is 14.1. The van der Waals surface area contributed by atoms with Crippen molar-refractivity contribution in [1.82, 2.24) is 10.6 Å². The Labute approximate surface area is 312 Å². The molecular formula is C38H59IN2O6Si2. The monoisotopic (exact) mass is 822 g/mol. The summed E-state index contributed by atoms with van der Waals surface area (Å²) in [4.78, 5) is 22.8. The van der Waals surface area contributed by atoms with Crippen molar-refractivity contribution in [3.63, 3.8) is 0 Å². The van der Waals surface area contributed by atoms with Crippen LogP contribution in [0.3, 0.4) is 0 Å². The summed E-state index contributed by atoms with van der Waals surface area (Å²) in [6, 6.07) is 15.7. The molecule has 0 saturated carbocycles. The molecule has 2 rings (SSSR count). The Kier molecular flexibility index (Phi) is 21.1. The van der Waals surface area contributed by atoms with Crippen LogP contribution in [0.2, 0.25) is 39.3 Å². The highest BCUT2D eigenvalue weighted by Gasteiger charge is 2.16. The average Bonchev–Trinajstić information content (AvgIpc) is 2.95. The largest absolute Gasteiger partial charge is 0.494 e. The first-order valence-electron chi connectivity index (χ1n) is 16.5. The molecule has 0 saturated heterocycles. The molecule has 0 aliphatic heterocycles. The van der Waals surface area contributed by atoms with Crippen LogP contribution >= 0.6 is 22.6 Å². The van der Waals surface area contributed by atoms with Crippen molar-refractivity contribution in [2.45, 2.75) is 105 Å². The third kappa shape index (κ3) is 30.6. The van der Waals surface area contributed by atoms with Crippen molar-refractivity contribution < 1.29 is 28.5 Å². The van der Waals surface area contributed by atoms with E-state index in [9.17, 15) is 9.59 Å². The third-order valence-corrected chi connectivity index (χ3v) is 7.66. The molecule has 2 amide bonds. The van der Waals surface area contributed by atoms with Gasteiger partial charge < -0.3 is 29.6 Å². The van der Waals surface area contributed by atoms with Crippen molar-refractivity contribution in [2.24, 2.45) is 0 Å². The van der Waals surface area contributed by atoms with Gasteiger partial charge >= 0.3 is 12.2 Å². The Morgan fingerprint density at radius 3 is 1.39 bits per heavy atom. The van der Waals surface area contributed by atoms with E-state index in [1.165, 1.54) is 3.57 Å². The molecule has 11 heteroatoms. The van der Waals surface area contributed by atoms with Crippen molar-refractivity contribution in [2.75, 3.05) is 26.3 Å². The Morgan fingerprint density at radius 2 is 1.06 bits per heavy atom. The predicted octanol–water partition coefficient (Wildman–Crippen LogP) is 9.29. The van der Waals surface area contributed by atoms with Gasteiger partial charge in [-0.3, -0.25) is 0 Å². The van der Waals surface area contributed by atoms with Gasteiger partial charge in [-0.05, 0) is 126 Å². The van der Waals surface area contributed by atoms with Crippen LogP contribution in [0, 0.1) is 27.0 Å². The van der Waals surface area contributed by atoms with Crippen molar-refractivity contribution in [3.05, 3.63) is 57.7 Å². The van der Waals surface area contributed by atoms with E-state index in [-0.39, 0.29) is 6.09 Å². The number of hydrogen-bond donors (Lipinski definition) is 2. The second-order valence-electron chi connectivity index (χ2n) is 15.1. The smallest absolute Gasteiger partial charge is 0.407 e. The molecule has 0 radical (unpaired) electrons. The Hall–Kier alpha value is -3.14. The molecule has 0 aliphatic carbocycles. The third-order valence-electron chi connectivity index (χ3n) is 5.20. The summed E-state index contributed by atoms with van der Waals surface area (Å²) >= 11 is 2.25. The fourth-order valence-electron chi connectivity index (χ4n) is 2.96. The maximum atomic E-state index is 11.5. The quantitative estimate of drug-likeness (QED) is 0.107. The molecule has 0 aliphatic rings. The second kappa shape index (κ2) is 22.6. The Balaban J connectivity index is 0.000000821. The lowest BCUT2D eigenvalue weighted by molar-refractivity contribution is 0.0513. The zero-order valence-electron chi connectivity index (χ0n) is 31.8. The lowest BCUT2D eigenvalue weighted by atomic mass is 10.2. The summed E-state index contributed by atoms with van der Waals surface area (Å²) in [5, 5.41) is 5.40. The molecule has 49 heavy (non-hydrogen) atoms. The predicted molar refractivity (Wildman–Crippen MR) is 217 cm³/mol. The number of benzene rings is 2. The molecule has 0 fully saturated rings. The van der Waals surface area contributed by atoms with E-state index in [0.717, 1.165) is 29.9 Å². The normalized spacial score (nSPS) is 11.0. The van der Waals surface area contributed by atoms with Gasteiger partial charge in [0.2, 0.25) is 0 Å². The van der Waals surface area contributed by atoms with Gasteiger partial charge in [0.1, 0.15) is 38.8 Å². The van der Waals surface area contributed by atoms with Gasteiger partial charge in [-0.2, -0.15) is 0 Å². The molecule has 2 aromatic carbocycles. The molecular weight excluding hydrogens is 764 g/mol. The minimum atomic E-state index is -1.35. The van der Waals surface area contributed by atoms with E-state index in [4.69, 9.17) is 25.4 Å². The van der Waals surface area contributed by atoms with Gasteiger partial charge in [0.05, 0.1) is 13.2 Å². The molecule has 0 atom stereocenters. The Morgan fingerprint density at radius 1 is 0.694 bits per heavy atom.